The van der Waals surface area contributed by atoms with Gasteiger partial charge in [-0.25, -0.2) is 0 Å². The van der Waals surface area contributed by atoms with Crippen LogP contribution in [0.25, 0.3) is 0 Å². The van der Waals surface area contributed by atoms with Crippen molar-refractivity contribution < 1.29 is 26.3 Å². The van der Waals surface area contributed by atoms with Gasteiger partial charge in [-0.15, -0.1) is 0 Å². The highest BCUT2D eigenvalue weighted by atomic mass is 19.4. The number of aryl methyl sites for hydroxylation is 2. The Morgan fingerprint density at radius 2 is 1.36 bits per heavy atom. The molecular weight excluding hydrogens is 342 g/mol. The minimum absolute atomic E-state index is 0.123. The summed E-state index contributed by atoms with van der Waals surface area (Å²) in [7, 11) is 0. The van der Waals surface area contributed by atoms with Gasteiger partial charge in [-0.1, -0.05) is 50.3 Å². The third-order valence-corrected chi connectivity index (χ3v) is 5.07. The normalized spacial score (nSPS) is 22.1. The summed E-state index contributed by atoms with van der Waals surface area (Å²) in [6.45, 7) is 6.52. The Labute approximate surface area is 143 Å². The second kappa shape index (κ2) is 6.22. The van der Waals surface area contributed by atoms with Crippen LogP contribution in [0, 0.1) is 25.7 Å². The van der Waals surface area contributed by atoms with E-state index >= 15 is 0 Å². The molecule has 0 aliphatic heterocycles. The number of hydrogen-bond donors (Lipinski definition) is 0. The number of halogens is 6. The fourth-order valence-electron chi connectivity index (χ4n) is 3.13. The van der Waals surface area contributed by atoms with Gasteiger partial charge in [0, 0.05) is 0 Å². The zero-order valence-electron chi connectivity index (χ0n) is 14.4. The summed E-state index contributed by atoms with van der Waals surface area (Å²) < 4.78 is 84.0. The Morgan fingerprint density at radius 3 is 1.80 bits per heavy atom. The van der Waals surface area contributed by atoms with Crippen LogP contribution in [0.5, 0.6) is 0 Å². The summed E-state index contributed by atoms with van der Waals surface area (Å²) in [4.78, 5) is 0. The van der Waals surface area contributed by atoms with Crippen molar-refractivity contribution in [2.75, 3.05) is 0 Å². The van der Waals surface area contributed by atoms with E-state index in [0.29, 0.717) is 11.1 Å². The van der Waals surface area contributed by atoms with Crippen molar-refractivity contribution in [3.05, 3.63) is 58.7 Å². The second-order valence-electron chi connectivity index (χ2n) is 6.74. The average Bonchev–Trinajstić information content (AvgIpc) is 2.44. The third kappa shape index (κ3) is 3.11. The summed E-state index contributed by atoms with van der Waals surface area (Å²) in [5.74, 6) is -0.543. The Bertz CT molecular complexity index is 692. The number of alkyl halides is 6. The summed E-state index contributed by atoms with van der Waals surface area (Å²) in [6, 6.07) is 3.23. The van der Waals surface area contributed by atoms with E-state index in [4.69, 9.17) is 0 Å². The van der Waals surface area contributed by atoms with Crippen LogP contribution in [0.3, 0.4) is 0 Å². The molecule has 2 rings (SSSR count). The number of hydrogen-bond acceptors (Lipinski definition) is 0. The van der Waals surface area contributed by atoms with E-state index < -0.39 is 34.8 Å². The van der Waals surface area contributed by atoms with E-state index in [1.54, 1.807) is 20.8 Å². The first-order valence-electron chi connectivity index (χ1n) is 7.94. The Balaban J connectivity index is 2.86. The average molecular weight is 362 g/mol. The zero-order chi connectivity index (χ0) is 19.2. The molecule has 0 radical (unpaired) electrons. The Hall–Kier alpha value is -1.72. The fourth-order valence-corrected chi connectivity index (χ4v) is 3.13. The number of allylic oxidation sites excluding steroid dienone is 4. The molecule has 25 heavy (non-hydrogen) atoms. The molecule has 1 aromatic rings. The van der Waals surface area contributed by atoms with E-state index in [0.717, 1.165) is 24.3 Å². The molecule has 0 fully saturated rings. The van der Waals surface area contributed by atoms with Gasteiger partial charge in [-0.3, -0.25) is 0 Å². The van der Waals surface area contributed by atoms with Gasteiger partial charge in [0.05, 0.1) is 0 Å². The van der Waals surface area contributed by atoms with Crippen molar-refractivity contribution in [2.24, 2.45) is 11.8 Å². The predicted octanol–water partition coefficient (Wildman–Crippen LogP) is 6.43. The highest BCUT2D eigenvalue weighted by Crippen LogP contribution is 2.57. The van der Waals surface area contributed by atoms with E-state index in [-0.39, 0.29) is 5.92 Å². The molecule has 0 saturated carbocycles. The van der Waals surface area contributed by atoms with Gasteiger partial charge >= 0.3 is 12.4 Å². The van der Waals surface area contributed by atoms with Crippen LogP contribution < -0.4 is 0 Å². The van der Waals surface area contributed by atoms with E-state index in [1.165, 1.54) is 19.1 Å². The van der Waals surface area contributed by atoms with Gasteiger partial charge in [-0.05, 0) is 47.9 Å². The van der Waals surface area contributed by atoms with Crippen LogP contribution in [0.2, 0.25) is 0 Å². The molecule has 0 aromatic heterocycles. The zero-order valence-corrected chi connectivity index (χ0v) is 14.4. The van der Waals surface area contributed by atoms with E-state index in [9.17, 15) is 26.3 Å². The lowest BCUT2D eigenvalue weighted by molar-refractivity contribution is -0.289. The largest absolute Gasteiger partial charge is 0.411 e. The van der Waals surface area contributed by atoms with Crippen molar-refractivity contribution in [1.82, 2.24) is 0 Å². The van der Waals surface area contributed by atoms with Gasteiger partial charge in [0.25, 0.3) is 0 Å². The first-order chi connectivity index (χ1) is 11.3. The molecule has 6 heteroatoms. The fraction of sp³-hybridized carbons (Fsp3) is 0.474. The van der Waals surface area contributed by atoms with Gasteiger partial charge in [0.1, 0.15) is 0 Å². The molecule has 2 atom stereocenters. The molecule has 0 heterocycles. The lowest BCUT2D eigenvalue weighted by Gasteiger charge is -2.40. The minimum atomic E-state index is -5.52. The maximum Gasteiger partial charge on any atom is 0.411 e. The SMILES string of the molecule is Cc1ccc(C(C2=CC(C)C(C)C=C2)(C(F)(F)F)C(F)(F)F)cc1C. The van der Waals surface area contributed by atoms with Crippen LogP contribution in [-0.2, 0) is 5.41 Å². The predicted molar refractivity (Wildman–Crippen MR) is 85.3 cm³/mol. The van der Waals surface area contributed by atoms with Gasteiger partial charge in [0.2, 0.25) is 5.41 Å². The van der Waals surface area contributed by atoms with Crippen molar-refractivity contribution in [2.45, 2.75) is 45.5 Å². The van der Waals surface area contributed by atoms with Crippen LogP contribution >= 0.6 is 0 Å². The minimum Gasteiger partial charge on any atom is -0.169 e. The molecule has 0 amide bonds. The molecule has 0 saturated heterocycles. The van der Waals surface area contributed by atoms with E-state index in [2.05, 4.69) is 0 Å². The molecule has 1 aliphatic rings. The van der Waals surface area contributed by atoms with Gasteiger partial charge in [-0.2, -0.15) is 26.3 Å². The molecule has 0 N–H and O–H groups in total. The number of benzene rings is 1. The Morgan fingerprint density at radius 1 is 0.800 bits per heavy atom. The first kappa shape index (κ1) is 19.6. The van der Waals surface area contributed by atoms with Crippen molar-refractivity contribution >= 4 is 0 Å². The molecule has 0 nitrogen and oxygen atoms in total. The Kier molecular flexibility index (Phi) is 4.88. The van der Waals surface area contributed by atoms with Crippen LogP contribution in [-0.4, -0.2) is 12.4 Å². The molecule has 0 bridgehead atoms. The van der Waals surface area contributed by atoms with Crippen molar-refractivity contribution in [1.29, 1.82) is 0 Å². The van der Waals surface area contributed by atoms with Gasteiger partial charge < -0.3 is 0 Å². The second-order valence-corrected chi connectivity index (χ2v) is 6.74. The lowest BCUT2D eigenvalue weighted by Crippen LogP contribution is -2.55. The summed E-state index contributed by atoms with van der Waals surface area (Å²) in [5.41, 5.74) is -4.58. The highest BCUT2D eigenvalue weighted by Gasteiger charge is 2.73. The molecule has 1 aliphatic carbocycles. The van der Waals surface area contributed by atoms with Crippen molar-refractivity contribution in [3.8, 4) is 0 Å². The van der Waals surface area contributed by atoms with Crippen LogP contribution in [0.15, 0.2) is 42.0 Å². The molecular formula is C19H20F6. The van der Waals surface area contributed by atoms with Crippen molar-refractivity contribution in [3.63, 3.8) is 0 Å². The van der Waals surface area contributed by atoms with Crippen LogP contribution in [0.4, 0.5) is 26.3 Å². The standard InChI is InChI=1S/C19H20F6/c1-11-5-7-15(9-13(11)3)17(18(20,21)22,19(23,24)25)16-8-6-12(2)14(4)10-16/h5-11,13H,1-4H3. The molecule has 1 aromatic carbocycles. The van der Waals surface area contributed by atoms with E-state index in [1.807, 2.05) is 0 Å². The maximum atomic E-state index is 14.0. The highest BCUT2D eigenvalue weighted by molar-refractivity contribution is 5.49. The topological polar surface area (TPSA) is 0 Å². The molecule has 138 valence electrons. The maximum absolute atomic E-state index is 14.0. The summed E-state index contributed by atoms with van der Waals surface area (Å²) in [6.07, 6.45) is -7.57. The smallest absolute Gasteiger partial charge is 0.169 e. The van der Waals surface area contributed by atoms with Gasteiger partial charge in [0.15, 0.2) is 0 Å². The first-order valence-corrected chi connectivity index (χ1v) is 7.94. The van der Waals surface area contributed by atoms with Crippen LogP contribution in [0.1, 0.15) is 30.5 Å². The number of rotatable bonds is 2. The summed E-state index contributed by atoms with van der Waals surface area (Å²) >= 11 is 0. The quantitative estimate of drug-likeness (QED) is 0.532. The molecule has 2 unspecified atom stereocenters. The monoisotopic (exact) mass is 362 g/mol. The lowest BCUT2D eigenvalue weighted by atomic mass is 9.68. The summed E-state index contributed by atoms with van der Waals surface area (Å²) in [5, 5.41) is 0. The third-order valence-electron chi connectivity index (χ3n) is 5.07. The molecule has 0 spiro atoms.